The average molecular weight is 819 g/mol. The molecular weight excluding hydrogens is 773 g/mol. The molecular formula is C47H46O13. The van der Waals surface area contributed by atoms with E-state index in [9.17, 15) is 45.0 Å². The maximum absolute atomic E-state index is 12.0. The Hall–Kier alpha value is -7.67. The lowest BCUT2D eigenvalue weighted by atomic mass is 10.0. The van der Waals surface area contributed by atoms with Crippen LogP contribution in [0.25, 0.3) is 0 Å². The molecule has 0 atom stereocenters. The van der Waals surface area contributed by atoms with Crippen LogP contribution in [0.15, 0.2) is 121 Å². The smallest absolute Gasteiger partial charge is 0.166 e. The summed E-state index contributed by atoms with van der Waals surface area (Å²) < 4.78 is 10.1. The fraction of sp³-hybridized carbons (Fsp3) is 0.170. The van der Waals surface area contributed by atoms with Gasteiger partial charge in [-0.2, -0.15) is 0 Å². The van der Waals surface area contributed by atoms with Gasteiger partial charge in [0.2, 0.25) is 0 Å². The number of hydrogen-bond donors (Lipinski definition) is 8. The van der Waals surface area contributed by atoms with Crippen molar-refractivity contribution in [2.75, 3.05) is 14.2 Å². The normalized spacial score (nSPS) is 10.3. The molecule has 60 heavy (non-hydrogen) atoms. The number of carbonyl (C=O) groups excluding carboxylic acids is 3. The minimum atomic E-state index is -0.233. The summed E-state index contributed by atoms with van der Waals surface area (Å²) in [6.07, 6.45) is 2.32. The van der Waals surface area contributed by atoms with Crippen molar-refractivity contribution < 1.29 is 64.7 Å². The summed E-state index contributed by atoms with van der Waals surface area (Å²) in [6.45, 7) is 0. The van der Waals surface area contributed by atoms with Crippen LogP contribution in [0.3, 0.4) is 0 Å². The van der Waals surface area contributed by atoms with Gasteiger partial charge in [0.15, 0.2) is 28.8 Å². The first-order chi connectivity index (χ1) is 28.7. The largest absolute Gasteiger partial charge is 0.508 e. The molecule has 0 aromatic heterocycles. The van der Waals surface area contributed by atoms with Gasteiger partial charge in [-0.3, -0.25) is 14.4 Å². The fourth-order valence-electron chi connectivity index (χ4n) is 5.78. The van der Waals surface area contributed by atoms with E-state index in [0.29, 0.717) is 31.4 Å². The van der Waals surface area contributed by atoms with E-state index in [0.717, 1.165) is 34.6 Å². The van der Waals surface area contributed by atoms with Crippen LogP contribution in [-0.2, 0) is 19.3 Å². The molecule has 0 heterocycles. The van der Waals surface area contributed by atoms with E-state index in [-0.39, 0.29) is 92.9 Å². The molecule has 8 N–H and O–H groups in total. The third-order valence-corrected chi connectivity index (χ3v) is 9.11. The summed E-state index contributed by atoms with van der Waals surface area (Å²) in [7, 11) is 3.06. The van der Waals surface area contributed by atoms with Gasteiger partial charge in [0, 0.05) is 37.5 Å². The molecule has 0 radical (unpaired) electrons. The van der Waals surface area contributed by atoms with Gasteiger partial charge in [-0.05, 0) is 109 Å². The van der Waals surface area contributed by atoms with Crippen LogP contribution >= 0.6 is 0 Å². The van der Waals surface area contributed by atoms with Crippen LogP contribution in [0.4, 0.5) is 0 Å². The number of ketones is 3. The standard InChI is InChI=1S/C16H16O5.C16H16O4.C15H14O4/c1-21-16-8-10(3-7-14(16)19)2-6-13(18)12-5-4-11(17)9-15(12)20;1-20-13-6-2-11(3-7-13)4-9-15(18)14-8-5-12(17)10-16(14)19;16-11-4-1-10(2-5-11)3-8-14(18)13-7-6-12(17)9-15(13)19/h3-5,7-9,17,19-20H,2,6H2,1H3;2-3,5-8,10,17,19H,4,9H2,1H3;1-2,4-7,9,16-17,19H,3,8H2. The Bertz CT molecular complexity index is 2390. The third-order valence-electron chi connectivity index (χ3n) is 9.11. The molecule has 0 saturated carbocycles. The van der Waals surface area contributed by atoms with E-state index in [1.54, 1.807) is 43.5 Å². The number of carbonyl (C=O) groups is 3. The van der Waals surface area contributed by atoms with Gasteiger partial charge < -0.3 is 50.3 Å². The summed E-state index contributed by atoms with van der Waals surface area (Å²) >= 11 is 0. The van der Waals surface area contributed by atoms with Crippen LogP contribution in [0.2, 0.25) is 0 Å². The Morgan fingerprint density at radius 2 is 0.733 bits per heavy atom. The average Bonchev–Trinajstić information content (AvgIpc) is 3.22. The number of ether oxygens (including phenoxy) is 2. The lowest BCUT2D eigenvalue weighted by molar-refractivity contribution is 0.0971. The molecule has 0 aliphatic rings. The summed E-state index contributed by atoms with van der Waals surface area (Å²) in [5.74, 6) is -0.0695. The van der Waals surface area contributed by atoms with Crippen molar-refractivity contribution in [2.45, 2.75) is 38.5 Å². The second-order valence-corrected chi connectivity index (χ2v) is 13.4. The van der Waals surface area contributed by atoms with Crippen molar-refractivity contribution in [3.8, 4) is 57.5 Å². The zero-order valence-corrected chi connectivity index (χ0v) is 32.9. The SMILES string of the molecule is COc1cc(CCC(=O)c2ccc(O)cc2O)ccc1O.COc1ccc(CCC(=O)c2ccc(O)cc2O)cc1.O=C(CCc1ccc(O)cc1)c1ccc(O)cc1O. The minimum Gasteiger partial charge on any atom is -0.508 e. The minimum absolute atomic E-state index is 0.0451. The van der Waals surface area contributed by atoms with E-state index in [2.05, 4.69) is 0 Å². The molecule has 6 rings (SSSR count). The lowest BCUT2D eigenvalue weighted by Gasteiger charge is -2.07. The summed E-state index contributed by atoms with van der Waals surface area (Å²) in [6, 6.07) is 30.8. The highest BCUT2D eigenvalue weighted by Gasteiger charge is 2.14. The molecule has 0 amide bonds. The van der Waals surface area contributed by atoms with Gasteiger partial charge in [0.05, 0.1) is 30.9 Å². The zero-order chi connectivity index (χ0) is 43.8. The highest BCUT2D eigenvalue weighted by Crippen LogP contribution is 2.29. The number of aromatic hydroxyl groups is 8. The number of phenolic OH excluding ortho intramolecular Hbond substituents is 8. The van der Waals surface area contributed by atoms with Gasteiger partial charge in [0.25, 0.3) is 0 Å². The molecule has 13 heteroatoms. The fourth-order valence-corrected chi connectivity index (χ4v) is 5.78. The van der Waals surface area contributed by atoms with Crippen LogP contribution in [0.5, 0.6) is 57.5 Å². The summed E-state index contributed by atoms with van der Waals surface area (Å²) in [4.78, 5) is 36.0. The van der Waals surface area contributed by atoms with Crippen molar-refractivity contribution in [3.05, 3.63) is 155 Å². The molecule has 13 nitrogen and oxygen atoms in total. The number of methoxy groups -OCH3 is 2. The Labute approximate surface area is 346 Å². The van der Waals surface area contributed by atoms with E-state index in [1.807, 2.05) is 24.3 Å². The molecule has 0 aliphatic carbocycles. The predicted molar refractivity (Wildman–Crippen MR) is 223 cm³/mol. The summed E-state index contributed by atoms with van der Waals surface area (Å²) in [5, 5.41) is 75.1. The number of phenols is 8. The van der Waals surface area contributed by atoms with Gasteiger partial charge in [-0.1, -0.05) is 30.3 Å². The quantitative estimate of drug-likeness (QED) is 0.0486. The molecule has 0 spiro atoms. The molecule has 6 aromatic carbocycles. The number of rotatable bonds is 14. The van der Waals surface area contributed by atoms with Crippen molar-refractivity contribution in [3.63, 3.8) is 0 Å². The zero-order valence-electron chi connectivity index (χ0n) is 32.9. The second kappa shape index (κ2) is 21.7. The molecule has 0 fully saturated rings. The molecule has 312 valence electrons. The first kappa shape index (κ1) is 45.0. The van der Waals surface area contributed by atoms with Crippen molar-refractivity contribution in [2.24, 2.45) is 0 Å². The van der Waals surface area contributed by atoms with Gasteiger partial charge in [-0.15, -0.1) is 0 Å². The van der Waals surface area contributed by atoms with Crippen LogP contribution in [-0.4, -0.2) is 72.4 Å². The Kier molecular flexibility index (Phi) is 16.3. The first-order valence-electron chi connectivity index (χ1n) is 18.6. The lowest BCUT2D eigenvalue weighted by Crippen LogP contribution is -2.01. The van der Waals surface area contributed by atoms with E-state index >= 15 is 0 Å². The van der Waals surface area contributed by atoms with Crippen LogP contribution < -0.4 is 9.47 Å². The number of Topliss-reactive ketones (excluding diaryl/α,β-unsaturated/α-hetero) is 3. The van der Waals surface area contributed by atoms with E-state index < -0.39 is 0 Å². The maximum Gasteiger partial charge on any atom is 0.166 e. The monoisotopic (exact) mass is 818 g/mol. The molecule has 6 aromatic rings. The van der Waals surface area contributed by atoms with Gasteiger partial charge in [-0.25, -0.2) is 0 Å². The molecule has 0 unspecified atom stereocenters. The third kappa shape index (κ3) is 13.5. The maximum atomic E-state index is 12.0. The molecule has 0 aliphatic heterocycles. The van der Waals surface area contributed by atoms with Crippen LogP contribution in [0.1, 0.15) is 67.0 Å². The molecule has 0 bridgehead atoms. The van der Waals surface area contributed by atoms with Crippen LogP contribution in [0, 0.1) is 0 Å². The Morgan fingerprint density at radius 1 is 0.383 bits per heavy atom. The number of benzene rings is 6. The van der Waals surface area contributed by atoms with Crippen molar-refractivity contribution >= 4 is 17.3 Å². The van der Waals surface area contributed by atoms with Gasteiger partial charge in [0.1, 0.15) is 46.0 Å². The van der Waals surface area contributed by atoms with E-state index in [1.165, 1.54) is 55.6 Å². The van der Waals surface area contributed by atoms with Crippen molar-refractivity contribution in [1.29, 1.82) is 0 Å². The van der Waals surface area contributed by atoms with E-state index in [4.69, 9.17) is 19.7 Å². The number of aryl methyl sites for hydroxylation is 3. The second-order valence-electron chi connectivity index (χ2n) is 13.4. The van der Waals surface area contributed by atoms with Gasteiger partial charge >= 0.3 is 0 Å². The van der Waals surface area contributed by atoms with Crippen molar-refractivity contribution in [1.82, 2.24) is 0 Å². The first-order valence-corrected chi connectivity index (χ1v) is 18.6. The molecule has 0 saturated heterocycles. The number of hydrogen-bond acceptors (Lipinski definition) is 13. The Balaban J connectivity index is 0.000000199. The highest BCUT2D eigenvalue weighted by atomic mass is 16.5. The predicted octanol–water partition coefficient (Wildman–Crippen LogP) is 8.17. The Morgan fingerprint density at radius 3 is 1.10 bits per heavy atom. The highest BCUT2D eigenvalue weighted by molar-refractivity contribution is 6.00. The summed E-state index contributed by atoms with van der Waals surface area (Å²) in [5.41, 5.74) is 3.42. The topological polar surface area (TPSA) is 232 Å².